The number of rotatable bonds is 1. The van der Waals surface area contributed by atoms with E-state index in [-0.39, 0.29) is 0 Å². The maximum Gasteiger partial charge on any atom is 0.417 e. The summed E-state index contributed by atoms with van der Waals surface area (Å²) in [6.07, 6.45) is -4.58. The van der Waals surface area contributed by atoms with E-state index in [4.69, 9.17) is 11.6 Å². The summed E-state index contributed by atoms with van der Waals surface area (Å²) in [6, 6.07) is 1.97. The second-order valence-corrected chi connectivity index (χ2v) is 4.12. The van der Waals surface area contributed by atoms with Crippen molar-refractivity contribution < 1.29 is 18.0 Å². The Morgan fingerprint density at radius 1 is 1.40 bits per heavy atom. The minimum Gasteiger partial charge on any atom is -0.276 e. The first-order chi connectivity index (χ1) is 6.73. The summed E-state index contributed by atoms with van der Waals surface area (Å²) in [4.78, 5) is 10.8. The van der Waals surface area contributed by atoms with Gasteiger partial charge in [-0.3, -0.25) is 4.79 Å². The van der Waals surface area contributed by atoms with Gasteiger partial charge in [0.15, 0.2) is 0 Å². The lowest BCUT2D eigenvalue weighted by molar-refractivity contribution is -0.137. The average molecular weight is 301 g/mol. The zero-order chi connectivity index (χ0) is 11.8. The van der Waals surface area contributed by atoms with Crippen LogP contribution in [-0.2, 0) is 6.18 Å². The summed E-state index contributed by atoms with van der Waals surface area (Å²) in [5, 5.41) is -1.12. The SMILES string of the molecule is Cc1cc(C(F)(F)F)c(C(=O)Cl)cc1Br. The van der Waals surface area contributed by atoms with Gasteiger partial charge in [0, 0.05) is 10.0 Å². The average Bonchev–Trinajstić information content (AvgIpc) is 2.06. The molecule has 1 rings (SSSR count). The first kappa shape index (κ1) is 12.5. The van der Waals surface area contributed by atoms with Crippen LogP contribution in [0, 0.1) is 6.92 Å². The lowest BCUT2D eigenvalue weighted by Gasteiger charge is -2.12. The van der Waals surface area contributed by atoms with Crippen molar-refractivity contribution in [3.8, 4) is 0 Å². The molecule has 0 atom stereocenters. The van der Waals surface area contributed by atoms with Crippen molar-refractivity contribution in [3.63, 3.8) is 0 Å². The summed E-state index contributed by atoms with van der Waals surface area (Å²) in [5.41, 5.74) is -1.16. The molecule has 0 fully saturated rings. The standard InChI is InChI=1S/C9H5BrClF3O/c1-4-2-6(9(12,13)14)5(8(11)15)3-7(4)10/h2-3H,1H3. The molecule has 0 saturated heterocycles. The summed E-state index contributed by atoms with van der Waals surface area (Å²) in [5.74, 6) is 0. The topological polar surface area (TPSA) is 17.1 Å². The molecular weight excluding hydrogens is 296 g/mol. The number of carbonyl (C=O) groups is 1. The van der Waals surface area contributed by atoms with Gasteiger partial charge in [0.1, 0.15) is 0 Å². The molecular formula is C9H5BrClF3O. The molecule has 6 heteroatoms. The summed E-state index contributed by atoms with van der Waals surface area (Å²) in [6.45, 7) is 1.50. The Morgan fingerprint density at radius 2 is 1.93 bits per heavy atom. The van der Waals surface area contributed by atoms with Crippen LogP contribution >= 0.6 is 27.5 Å². The third-order valence-electron chi connectivity index (χ3n) is 1.82. The number of hydrogen-bond acceptors (Lipinski definition) is 1. The molecule has 0 aliphatic heterocycles. The lowest BCUT2D eigenvalue weighted by atomic mass is 10.1. The number of carbonyl (C=O) groups excluding carboxylic acids is 1. The first-order valence-electron chi connectivity index (χ1n) is 3.80. The van der Waals surface area contributed by atoms with Crippen LogP contribution in [0.4, 0.5) is 13.2 Å². The number of halogens is 5. The minimum absolute atomic E-state index is 0.393. The third-order valence-corrected chi connectivity index (χ3v) is 2.87. The van der Waals surface area contributed by atoms with Crippen molar-refractivity contribution in [3.05, 3.63) is 33.3 Å². The van der Waals surface area contributed by atoms with E-state index >= 15 is 0 Å². The number of aryl methyl sites for hydroxylation is 1. The van der Waals surface area contributed by atoms with Gasteiger partial charge in [-0.1, -0.05) is 15.9 Å². The molecule has 0 unspecified atom stereocenters. The van der Waals surface area contributed by atoms with Gasteiger partial charge < -0.3 is 0 Å². The van der Waals surface area contributed by atoms with Gasteiger partial charge >= 0.3 is 6.18 Å². The van der Waals surface area contributed by atoms with E-state index in [0.29, 0.717) is 10.0 Å². The van der Waals surface area contributed by atoms with E-state index in [1.54, 1.807) is 0 Å². The molecule has 0 heterocycles. The fourth-order valence-electron chi connectivity index (χ4n) is 1.08. The van der Waals surface area contributed by atoms with E-state index in [0.717, 1.165) is 12.1 Å². The highest BCUT2D eigenvalue weighted by Crippen LogP contribution is 2.35. The van der Waals surface area contributed by atoms with Gasteiger partial charge in [-0.2, -0.15) is 13.2 Å². The second-order valence-electron chi connectivity index (χ2n) is 2.92. The molecule has 0 saturated carbocycles. The number of alkyl halides is 3. The highest BCUT2D eigenvalue weighted by molar-refractivity contribution is 9.10. The fraction of sp³-hybridized carbons (Fsp3) is 0.222. The summed E-state index contributed by atoms with van der Waals surface area (Å²) >= 11 is 8.12. The van der Waals surface area contributed by atoms with Crippen molar-refractivity contribution in [1.29, 1.82) is 0 Å². The van der Waals surface area contributed by atoms with E-state index in [1.807, 2.05) is 0 Å². The van der Waals surface area contributed by atoms with Crippen molar-refractivity contribution in [2.24, 2.45) is 0 Å². The summed E-state index contributed by atoms with van der Waals surface area (Å²) < 4.78 is 37.9. The smallest absolute Gasteiger partial charge is 0.276 e. The zero-order valence-corrected chi connectivity index (χ0v) is 9.79. The Morgan fingerprint density at radius 3 is 2.33 bits per heavy atom. The van der Waals surface area contributed by atoms with E-state index < -0.39 is 22.5 Å². The maximum atomic E-state index is 12.5. The quantitative estimate of drug-likeness (QED) is 0.712. The van der Waals surface area contributed by atoms with Crippen molar-refractivity contribution in [2.45, 2.75) is 13.1 Å². The molecule has 82 valence electrons. The Balaban J connectivity index is 3.49. The third kappa shape index (κ3) is 2.72. The van der Waals surface area contributed by atoms with Crippen molar-refractivity contribution >= 4 is 32.8 Å². The zero-order valence-electron chi connectivity index (χ0n) is 7.45. The largest absolute Gasteiger partial charge is 0.417 e. The molecule has 0 spiro atoms. The van der Waals surface area contributed by atoms with Crippen LogP contribution < -0.4 is 0 Å². The molecule has 15 heavy (non-hydrogen) atoms. The van der Waals surface area contributed by atoms with Crippen molar-refractivity contribution in [2.75, 3.05) is 0 Å². The number of benzene rings is 1. The van der Waals surface area contributed by atoms with E-state index in [2.05, 4.69) is 15.9 Å². The first-order valence-corrected chi connectivity index (χ1v) is 4.97. The molecule has 1 aromatic rings. The van der Waals surface area contributed by atoms with Crippen LogP contribution in [-0.4, -0.2) is 5.24 Å². The van der Waals surface area contributed by atoms with Crippen LogP contribution in [0.5, 0.6) is 0 Å². The molecule has 1 nitrogen and oxygen atoms in total. The Hall–Kier alpha value is -0.550. The monoisotopic (exact) mass is 300 g/mol. The minimum atomic E-state index is -4.58. The molecule has 0 amide bonds. The van der Waals surface area contributed by atoms with E-state index in [1.165, 1.54) is 6.92 Å². The Labute approximate surface area is 97.4 Å². The van der Waals surface area contributed by atoms with E-state index in [9.17, 15) is 18.0 Å². The Bertz CT molecular complexity index is 415. The Kier molecular flexibility index (Phi) is 3.45. The normalized spacial score (nSPS) is 11.6. The van der Waals surface area contributed by atoms with Gasteiger partial charge in [-0.25, -0.2) is 0 Å². The van der Waals surface area contributed by atoms with Gasteiger partial charge in [-0.05, 0) is 36.2 Å². The maximum absolute atomic E-state index is 12.5. The predicted octanol–water partition coefficient (Wildman–Crippen LogP) is 4.16. The lowest BCUT2D eigenvalue weighted by Crippen LogP contribution is -2.11. The van der Waals surface area contributed by atoms with Gasteiger partial charge in [0.05, 0.1) is 5.56 Å². The molecule has 0 aliphatic carbocycles. The molecule has 0 aromatic heterocycles. The molecule has 0 bridgehead atoms. The highest BCUT2D eigenvalue weighted by atomic mass is 79.9. The van der Waals surface area contributed by atoms with Gasteiger partial charge in [0.2, 0.25) is 0 Å². The highest BCUT2D eigenvalue weighted by Gasteiger charge is 2.35. The summed E-state index contributed by atoms with van der Waals surface area (Å²) in [7, 11) is 0. The molecule has 1 aromatic carbocycles. The van der Waals surface area contributed by atoms with Crippen LogP contribution in [0.3, 0.4) is 0 Å². The van der Waals surface area contributed by atoms with Gasteiger partial charge in [0.25, 0.3) is 5.24 Å². The van der Waals surface area contributed by atoms with Gasteiger partial charge in [-0.15, -0.1) is 0 Å². The van der Waals surface area contributed by atoms with Crippen LogP contribution in [0.15, 0.2) is 16.6 Å². The van der Waals surface area contributed by atoms with Crippen LogP contribution in [0.1, 0.15) is 21.5 Å². The molecule has 0 N–H and O–H groups in total. The van der Waals surface area contributed by atoms with Crippen molar-refractivity contribution in [1.82, 2.24) is 0 Å². The van der Waals surface area contributed by atoms with Crippen LogP contribution in [0.25, 0.3) is 0 Å². The predicted molar refractivity (Wildman–Crippen MR) is 54.1 cm³/mol. The second kappa shape index (κ2) is 4.14. The van der Waals surface area contributed by atoms with Crippen LogP contribution in [0.2, 0.25) is 0 Å². The number of hydrogen-bond donors (Lipinski definition) is 0. The molecule has 0 radical (unpaired) electrons. The fourth-order valence-corrected chi connectivity index (χ4v) is 1.58. The molecule has 0 aliphatic rings.